The number of rotatable bonds is 10. The van der Waals surface area contributed by atoms with E-state index in [1.807, 2.05) is 12.1 Å². The maximum atomic E-state index is 13.8. The van der Waals surface area contributed by atoms with Gasteiger partial charge in [-0.05, 0) is 50.0 Å². The summed E-state index contributed by atoms with van der Waals surface area (Å²) in [5, 5.41) is 12.7. The highest BCUT2D eigenvalue weighted by Gasteiger charge is 2.15. The number of nitrogens with zero attached hydrogens (tertiary/aromatic N) is 2. The molecule has 0 aliphatic carbocycles. The number of carbonyl (C=O) groups is 1. The number of nitrogen functional groups attached to an aromatic ring is 1. The molecule has 0 fully saturated rings. The van der Waals surface area contributed by atoms with Crippen LogP contribution in [0.2, 0.25) is 0 Å². The summed E-state index contributed by atoms with van der Waals surface area (Å²) in [7, 11) is 1.54. The highest BCUT2D eigenvalue weighted by molar-refractivity contribution is 9.10. The van der Waals surface area contributed by atoms with Crippen LogP contribution in [0.4, 0.5) is 10.2 Å². The number of halogens is 2. The van der Waals surface area contributed by atoms with Crippen molar-refractivity contribution in [3.05, 3.63) is 63.5 Å². The van der Waals surface area contributed by atoms with Gasteiger partial charge < -0.3 is 25.8 Å². The molecule has 0 radical (unpaired) electrons. The predicted molar refractivity (Wildman–Crippen MR) is 114 cm³/mol. The number of nitrogens with two attached hydrogens (primary N) is 1. The van der Waals surface area contributed by atoms with E-state index in [2.05, 4.69) is 41.5 Å². The lowest BCUT2D eigenvalue weighted by atomic mass is 10.2. The number of ether oxygens (including phenoxy) is 2. The monoisotopic (exact) mass is 493 g/mol. The van der Waals surface area contributed by atoms with E-state index in [0.29, 0.717) is 41.2 Å². The average molecular weight is 494 g/mol. The summed E-state index contributed by atoms with van der Waals surface area (Å²) in [5.74, 6) is 0.166. The van der Waals surface area contributed by atoms with E-state index < -0.39 is 5.91 Å². The highest BCUT2D eigenvalue weighted by atomic mass is 79.9. The van der Waals surface area contributed by atoms with Crippen LogP contribution in [-0.2, 0) is 13.2 Å². The van der Waals surface area contributed by atoms with Gasteiger partial charge >= 0.3 is 0 Å². The van der Waals surface area contributed by atoms with E-state index in [0.717, 1.165) is 5.56 Å². The summed E-state index contributed by atoms with van der Waals surface area (Å²) in [4.78, 5) is 11.9. The molecule has 0 saturated carbocycles. The van der Waals surface area contributed by atoms with Gasteiger partial charge in [-0.15, -0.1) is 0 Å². The quantitative estimate of drug-likeness (QED) is 0.368. The Morgan fingerprint density at radius 2 is 2.06 bits per heavy atom. The van der Waals surface area contributed by atoms with Crippen molar-refractivity contribution in [1.82, 2.24) is 20.9 Å². The van der Waals surface area contributed by atoms with Crippen molar-refractivity contribution in [2.45, 2.75) is 13.2 Å². The Morgan fingerprint density at radius 3 is 2.77 bits per heavy atom. The van der Waals surface area contributed by atoms with Crippen molar-refractivity contribution >= 4 is 27.7 Å². The Balaban J connectivity index is 1.51. The minimum absolute atomic E-state index is 0.0420. The van der Waals surface area contributed by atoms with Crippen LogP contribution in [0.5, 0.6) is 11.5 Å². The minimum Gasteiger partial charge on any atom is -0.493 e. The standard InChI is InChI=1S/C20H21BrFN5O4/c1-29-16-9-12(10-24-6-7-25-20(28)17-19(23)27-31-26-17)8-14(21)18(16)30-11-13-4-2-3-5-15(13)22/h2-5,8-9,24H,6-7,10-11H2,1H3,(H2,23,27)(H,25,28). The third kappa shape index (κ3) is 5.92. The minimum atomic E-state index is -0.457. The van der Waals surface area contributed by atoms with E-state index in [-0.39, 0.29) is 23.9 Å². The van der Waals surface area contributed by atoms with Gasteiger partial charge in [-0.25, -0.2) is 9.02 Å². The van der Waals surface area contributed by atoms with E-state index >= 15 is 0 Å². The van der Waals surface area contributed by atoms with Gasteiger partial charge in [-0.3, -0.25) is 4.79 Å². The SMILES string of the molecule is COc1cc(CNCCNC(=O)c2nonc2N)cc(Br)c1OCc1ccccc1F. The van der Waals surface area contributed by atoms with Crippen LogP contribution in [0.1, 0.15) is 21.6 Å². The summed E-state index contributed by atoms with van der Waals surface area (Å²) in [5.41, 5.74) is 6.81. The van der Waals surface area contributed by atoms with E-state index in [1.165, 1.54) is 13.2 Å². The van der Waals surface area contributed by atoms with Crippen molar-refractivity contribution in [2.24, 2.45) is 0 Å². The lowest BCUT2D eigenvalue weighted by molar-refractivity contribution is 0.0944. The fraction of sp³-hybridized carbons (Fsp3) is 0.250. The molecule has 0 aliphatic rings. The van der Waals surface area contributed by atoms with Crippen LogP contribution >= 0.6 is 15.9 Å². The molecule has 0 aliphatic heterocycles. The van der Waals surface area contributed by atoms with Crippen LogP contribution in [0.25, 0.3) is 0 Å². The van der Waals surface area contributed by atoms with Gasteiger partial charge in [0.15, 0.2) is 11.5 Å². The maximum absolute atomic E-state index is 13.8. The third-order valence-corrected chi connectivity index (χ3v) is 4.85. The smallest absolute Gasteiger partial charge is 0.277 e. The Kier molecular flexibility index (Phi) is 7.79. The van der Waals surface area contributed by atoms with Crippen LogP contribution in [-0.4, -0.2) is 36.4 Å². The number of aromatic nitrogens is 2. The number of methoxy groups -OCH3 is 1. The van der Waals surface area contributed by atoms with Crippen LogP contribution in [0.15, 0.2) is 45.5 Å². The van der Waals surface area contributed by atoms with Gasteiger partial charge in [0.25, 0.3) is 5.91 Å². The van der Waals surface area contributed by atoms with Gasteiger partial charge in [-0.1, -0.05) is 18.2 Å². The third-order valence-electron chi connectivity index (χ3n) is 4.26. The van der Waals surface area contributed by atoms with E-state index in [1.54, 1.807) is 18.2 Å². The Morgan fingerprint density at radius 1 is 1.26 bits per heavy atom. The van der Waals surface area contributed by atoms with Crippen LogP contribution in [0.3, 0.4) is 0 Å². The molecule has 1 heterocycles. The molecule has 2 aromatic carbocycles. The summed E-state index contributed by atoms with van der Waals surface area (Å²) in [6.45, 7) is 1.45. The number of carbonyl (C=O) groups excluding carboxylic acids is 1. The number of nitrogens with one attached hydrogen (secondary N) is 2. The van der Waals surface area contributed by atoms with Crippen LogP contribution in [0, 0.1) is 5.82 Å². The second kappa shape index (κ2) is 10.7. The highest BCUT2D eigenvalue weighted by Crippen LogP contribution is 2.37. The van der Waals surface area contributed by atoms with Gasteiger partial charge in [0.2, 0.25) is 11.5 Å². The van der Waals surface area contributed by atoms with E-state index in [4.69, 9.17) is 15.2 Å². The summed E-state index contributed by atoms with van der Waals surface area (Å²) >= 11 is 3.48. The molecule has 1 aromatic heterocycles. The van der Waals surface area contributed by atoms with Gasteiger partial charge in [-0.2, -0.15) is 0 Å². The zero-order chi connectivity index (χ0) is 22.2. The molecule has 9 nitrogen and oxygen atoms in total. The molecular formula is C20H21BrFN5O4. The molecule has 31 heavy (non-hydrogen) atoms. The topological polar surface area (TPSA) is 125 Å². The van der Waals surface area contributed by atoms with Crippen molar-refractivity contribution in [3.63, 3.8) is 0 Å². The van der Waals surface area contributed by atoms with Gasteiger partial charge in [0.05, 0.1) is 11.6 Å². The molecule has 4 N–H and O–H groups in total. The maximum Gasteiger partial charge on any atom is 0.277 e. The summed E-state index contributed by atoms with van der Waals surface area (Å²) in [6, 6.07) is 10.1. The number of amides is 1. The Hall–Kier alpha value is -3.18. The first-order valence-electron chi connectivity index (χ1n) is 9.29. The lowest BCUT2D eigenvalue weighted by Crippen LogP contribution is -2.32. The molecule has 0 unspecified atom stereocenters. The normalized spacial score (nSPS) is 10.7. The first-order valence-corrected chi connectivity index (χ1v) is 10.1. The molecule has 3 aromatic rings. The van der Waals surface area contributed by atoms with Crippen molar-refractivity contribution in [2.75, 3.05) is 25.9 Å². The van der Waals surface area contributed by atoms with E-state index in [9.17, 15) is 9.18 Å². The molecule has 0 bridgehead atoms. The molecule has 1 amide bonds. The van der Waals surface area contributed by atoms with Gasteiger partial charge in [0, 0.05) is 25.2 Å². The number of hydrogen-bond donors (Lipinski definition) is 3. The van der Waals surface area contributed by atoms with Crippen molar-refractivity contribution in [1.29, 1.82) is 0 Å². The van der Waals surface area contributed by atoms with Crippen molar-refractivity contribution in [3.8, 4) is 11.5 Å². The number of anilines is 1. The fourth-order valence-corrected chi connectivity index (χ4v) is 3.32. The van der Waals surface area contributed by atoms with Gasteiger partial charge in [0.1, 0.15) is 12.4 Å². The van der Waals surface area contributed by atoms with Crippen molar-refractivity contribution < 1.29 is 23.3 Å². The second-order valence-corrected chi connectivity index (χ2v) is 7.27. The fourth-order valence-electron chi connectivity index (χ4n) is 2.71. The Bertz CT molecular complexity index is 1050. The second-order valence-electron chi connectivity index (χ2n) is 6.42. The number of benzene rings is 2. The first-order chi connectivity index (χ1) is 15.0. The molecule has 0 atom stereocenters. The zero-order valence-corrected chi connectivity index (χ0v) is 18.2. The first kappa shape index (κ1) is 22.5. The molecule has 0 saturated heterocycles. The summed E-state index contributed by atoms with van der Waals surface area (Å²) < 4.78 is 30.1. The molecule has 11 heteroatoms. The predicted octanol–water partition coefficient (Wildman–Crippen LogP) is 2.66. The average Bonchev–Trinajstić information content (AvgIpc) is 3.19. The Labute approximate surface area is 186 Å². The molecule has 3 rings (SSSR count). The largest absolute Gasteiger partial charge is 0.493 e. The molecule has 0 spiro atoms. The zero-order valence-electron chi connectivity index (χ0n) is 16.7. The lowest BCUT2D eigenvalue weighted by Gasteiger charge is -2.15. The summed E-state index contributed by atoms with van der Waals surface area (Å²) in [6.07, 6.45) is 0. The van der Waals surface area contributed by atoms with Crippen LogP contribution < -0.4 is 25.8 Å². The molecular weight excluding hydrogens is 473 g/mol. The number of hydrogen-bond acceptors (Lipinski definition) is 8. The molecule has 164 valence electrons.